The fraction of sp³-hybridized carbons (Fsp3) is 0.500. The Balaban J connectivity index is 2.43. The van der Waals surface area contributed by atoms with Crippen LogP contribution >= 0.6 is 0 Å². The van der Waals surface area contributed by atoms with Crippen molar-refractivity contribution in [1.29, 1.82) is 0 Å². The molecule has 3 nitrogen and oxygen atoms in total. The van der Waals surface area contributed by atoms with Gasteiger partial charge < -0.3 is 10.6 Å². The first kappa shape index (κ1) is 13.7. The average molecular weight is 234 g/mol. The van der Waals surface area contributed by atoms with E-state index in [1.54, 1.807) is 0 Å². The van der Waals surface area contributed by atoms with Crippen LogP contribution in [-0.4, -0.2) is 19.0 Å². The van der Waals surface area contributed by atoms with E-state index in [0.29, 0.717) is 12.3 Å². The predicted octanol–water partition coefficient (Wildman–Crippen LogP) is 2.75. The first-order valence-corrected chi connectivity index (χ1v) is 6.24. The van der Waals surface area contributed by atoms with E-state index < -0.39 is 0 Å². The van der Waals surface area contributed by atoms with E-state index in [2.05, 4.69) is 36.6 Å². The predicted molar refractivity (Wildman–Crippen MR) is 72.3 cm³/mol. The maximum atomic E-state index is 11.6. The Morgan fingerprint density at radius 1 is 1.24 bits per heavy atom. The number of hydrogen-bond donors (Lipinski definition) is 2. The quantitative estimate of drug-likeness (QED) is 0.743. The van der Waals surface area contributed by atoms with Crippen LogP contribution in [0.1, 0.15) is 38.7 Å². The Hall–Kier alpha value is -1.35. The lowest BCUT2D eigenvalue weighted by Crippen LogP contribution is -2.21. The maximum absolute atomic E-state index is 11.6. The summed E-state index contributed by atoms with van der Waals surface area (Å²) < 4.78 is 0. The number of carbonyl (C=O) groups is 1. The highest BCUT2D eigenvalue weighted by Crippen LogP contribution is 2.17. The van der Waals surface area contributed by atoms with Gasteiger partial charge in [0.2, 0.25) is 5.91 Å². The second-order valence-corrected chi connectivity index (χ2v) is 4.43. The van der Waals surface area contributed by atoms with Gasteiger partial charge in [0, 0.05) is 18.7 Å². The number of benzene rings is 1. The highest BCUT2D eigenvalue weighted by Gasteiger charge is 2.02. The molecule has 0 heterocycles. The van der Waals surface area contributed by atoms with E-state index in [1.807, 2.05) is 19.1 Å². The zero-order valence-corrected chi connectivity index (χ0v) is 10.9. The van der Waals surface area contributed by atoms with Crippen molar-refractivity contribution in [1.82, 2.24) is 5.32 Å². The molecule has 94 valence electrons. The summed E-state index contributed by atoms with van der Waals surface area (Å²) in [6, 6.07) is 8.04. The van der Waals surface area contributed by atoms with Gasteiger partial charge in [-0.15, -0.1) is 0 Å². The molecule has 0 saturated carbocycles. The second kappa shape index (κ2) is 7.07. The van der Waals surface area contributed by atoms with Crippen molar-refractivity contribution in [2.45, 2.75) is 33.1 Å². The highest BCUT2D eigenvalue weighted by molar-refractivity contribution is 5.90. The van der Waals surface area contributed by atoms with Gasteiger partial charge in [-0.05, 0) is 30.2 Å². The minimum atomic E-state index is 0.0586. The van der Waals surface area contributed by atoms with E-state index in [4.69, 9.17) is 0 Å². The molecule has 0 aliphatic carbocycles. The third kappa shape index (κ3) is 5.00. The van der Waals surface area contributed by atoms with Crippen molar-refractivity contribution in [2.24, 2.45) is 0 Å². The standard InChI is InChI=1S/C14H22N2O/c1-4-15-10-9-14(17)16-13-7-5-12(6-8-13)11(2)3/h5-8,11,15H,4,9-10H2,1-3H3,(H,16,17). The molecular weight excluding hydrogens is 212 g/mol. The molecule has 1 aromatic carbocycles. The van der Waals surface area contributed by atoms with E-state index >= 15 is 0 Å². The summed E-state index contributed by atoms with van der Waals surface area (Å²) in [6.07, 6.45) is 0.514. The number of amides is 1. The molecule has 0 spiro atoms. The lowest BCUT2D eigenvalue weighted by Gasteiger charge is -2.08. The minimum Gasteiger partial charge on any atom is -0.326 e. The summed E-state index contributed by atoms with van der Waals surface area (Å²) in [5.74, 6) is 0.580. The molecule has 0 aliphatic rings. The van der Waals surface area contributed by atoms with Gasteiger partial charge in [-0.25, -0.2) is 0 Å². The van der Waals surface area contributed by atoms with Gasteiger partial charge in [0.25, 0.3) is 0 Å². The molecule has 0 aliphatic heterocycles. The van der Waals surface area contributed by atoms with Crippen molar-refractivity contribution in [3.05, 3.63) is 29.8 Å². The molecule has 0 fully saturated rings. The lowest BCUT2D eigenvalue weighted by molar-refractivity contribution is -0.116. The lowest BCUT2D eigenvalue weighted by atomic mass is 10.0. The van der Waals surface area contributed by atoms with Gasteiger partial charge in [-0.2, -0.15) is 0 Å². The van der Waals surface area contributed by atoms with Gasteiger partial charge in [-0.3, -0.25) is 4.79 Å². The zero-order chi connectivity index (χ0) is 12.7. The molecule has 0 unspecified atom stereocenters. The van der Waals surface area contributed by atoms with Crippen LogP contribution in [-0.2, 0) is 4.79 Å². The first-order chi connectivity index (χ1) is 8.13. The molecule has 1 rings (SSSR count). The van der Waals surface area contributed by atoms with Crippen molar-refractivity contribution in [2.75, 3.05) is 18.4 Å². The number of anilines is 1. The van der Waals surface area contributed by atoms with E-state index in [1.165, 1.54) is 5.56 Å². The van der Waals surface area contributed by atoms with Gasteiger partial charge in [0.05, 0.1) is 0 Å². The monoisotopic (exact) mass is 234 g/mol. The Kier molecular flexibility index (Phi) is 5.70. The van der Waals surface area contributed by atoms with Crippen LogP contribution < -0.4 is 10.6 Å². The third-order valence-electron chi connectivity index (χ3n) is 2.64. The number of nitrogens with one attached hydrogen (secondary N) is 2. The Morgan fingerprint density at radius 3 is 2.41 bits per heavy atom. The molecule has 0 aromatic heterocycles. The fourth-order valence-electron chi connectivity index (χ4n) is 1.55. The number of hydrogen-bond acceptors (Lipinski definition) is 2. The minimum absolute atomic E-state index is 0.0586. The van der Waals surface area contributed by atoms with Crippen molar-refractivity contribution >= 4 is 11.6 Å². The topological polar surface area (TPSA) is 41.1 Å². The Bertz CT molecular complexity index is 344. The van der Waals surface area contributed by atoms with E-state index in [9.17, 15) is 4.79 Å². The summed E-state index contributed by atoms with van der Waals surface area (Å²) in [5, 5.41) is 6.02. The van der Waals surface area contributed by atoms with Gasteiger partial charge in [-0.1, -0.05) is 32.9 Å². The van der Waals surface area contributed by atoms with Crippen LogP contribution in [0, 0.1) is 0 Å². The largest absolute Gasteiger partial charge is 0.326 e. The average Bonchev–Trinajstić information content (AvgIpc) is 2.30. The van der Waals surface area contributed by atoms with E-state index in [-0.39, 0.29) is 5.91 Å². The maximum Gasteiger partial charge on any atom is 0.225 e. The second-order valence-electron chi connectivity index (χ2n) is 4.43. The summed E-state index contributed by atoms with van der Waals surface area (Å²) >= 11 is 0. The van der Waals surface area contributed by atoms with Crippen LogP contribution in [0.25, 0.3) is 0 Å². The molecule has 0 radical (unpaired) electrons. The summed E-state index contributed by atoms with van der Waals surface area (Å²) in [5.41, 5.74) is 2.16. The molecule has 17 heavy (non-hydrogen) atoms. The molecule has 1 amide bonds. The highest BCUT2D eigenvalue weighted by atomic mass is 16.1. The first-order valence-electron chi connectivity index (χ1n) is 6.24. The molecule has 0 atom stereocenters. The SMILES string of the molecule is CCNCCC(=O)Nc1ccc(C(C)C)cc1. The Morgan fingerprint density at radius 2 is 1.88 bits per heavy atom. The van der Waals surface area contributed by atoms with Crippen molar-refractivity contribution in [3.63, 3.8) is 0 Å². The van der Waals surface area contributed by atoms with Gasteiger partial charge in [0.1, 0.15) is 0 Å². The molecule has 3 heteroatoms. The summed E-state index contributed by atoms with van der Waals surface area (Å²) in [7, 11) is 0. The third-order valence-corrected chi connectivity index (χ3v) is 2.64. The van der Waals surface area contributed by atoms with Crippen LogP contribution in [0.2, 0.25) is 0 Å². The normalized spacial score (nSPS) is 10.6. The smallest absolute Gasteiger partial charge is 0.225 e. The molecule has 1 aromatic rings. The fourth-order valence-corrected chi connectivity index (χ4v) is 1.55. The number of rotatable bonds is 6. The zero-order valence-electron chi connectivity index (χ0n) is 10.9. The Labute approximate surface area is 104 Å². The van der Waals surface area contributed by atoms with Crippen LogP contribution in [0.15, 0.2) is 24.3 Å². The van der Waals surface area contributed by atoms with Gasteiger partial charge in [0.15, 0.2) is 0 Å². The molecular formula is C14H22N2O. The molecule has 2 N–H and O–H groups in total. The number of carbonyl (C=O) groups excluding carboxylic acids is 1. The van der Waals surface area contributed by atoms with Crippen molar-refractivity contribution in [3.8, 4) is 0 Å². The van der Waals surface area contributed by atoms with Crippen LogP contribution in [0.4, 0.5) is 5.69 Å². The summed E-state index contributed by atoms with van der Waals surface area (Å²) in [6.45, 7) is 7.97. The molecule has 0 saturated heterocycles. The summed E-state index contributed by atoms with van der Waals surface area (Å²) in [4.78, 5) is 11.6. The molecule has 0 bridgehead atoms. The van der Waals surface area contributed by atoms with E-state index in [0.717, 1.165) is 18.8 Å². The van der Waals surface area contributed by atoms with Crippen molar-refractivity contribution < 1.29 is 4.79 Å². The van der Waals surface area contributed by atoms with Crippen LogP contribution in [0.3, 0.4) is 0 Å². The van der Waals surface area contributed by atoms with Gasteiger partial charge >= 0.3 is 0 Å². The van der Waals surface area contributed by atoms with Crippen LogP contribution in [0.5, 0.6) is 0 Å².